The number of pyridine rings is 1. The molecular formula is C17H19N5O. The van der Waals surface area contributed by atoms with Crippen LogP contribution in [0.3, 0.4) is 0 Å². The normalized spacial score (nSPS) is 18.3. The average molecular weight is 309 g/mol. The summed E-state index contributed by atoms with van der Waals surface area (Å²) in [5.41, 5.74) is 10.1. The van der Waals surface area contributed by atoms with Gasteiger partial charge in [-0.1, -0.05) is 13.8 Å². The Bertz CT molecular complexity index is 805. The van der Waals surface area contributed by atoms with Crippen molar-refractivity contribution in [1.82, 2.24) is 15.0 Å². The Balaban J connectivity index is 2.19. The third-order valence-corrected chi connectivity index (χ3v) is 4.56. The maximum Gasteiger partial charge on any atom is 0.316 e. The third-order valence-electron chi connectivity index (χ3n) is 4.56. The molecule has 3 rings (SSSR count). The number of rotatable bonds is 3. The molecule has 0 aromatic carbocycles. The third kappa shape index (κ3) is 2.48. The SMILES string of the molecule is COc1ncc(-c2c(C)c(C3CC3(C)C)nc(N)c2C#N)cn1. The number of ether oxygens (including phenoxy) is 1. The van der Waals surface area contributed by atoms with E-state index < -0.39 is 0 Å². The summed E-state index contributed by atoms with van der Waals surface area (Å²) in [4.78, 5) is 12.8. The molecule has 0 saturated heterocycles. The van der Waals surface area contributed by atoms with Gasteiger partial charge >= 0.3 is 6.01 Å². The first-order valence-corrected chi connectivity index (χ1v) is 7.45. The number of nitrogens with zero attached hydrogens (tertiary/aromatic N) is 4. The second-order valence-electron chi connectivity index (χ2n) is 6.57. The molecule has 1 saturated carbocycles. The fourth-order valence-corrected chi connectivity index (χ4v) is 3.01. The van der Waals surface area contributed by atoms with Crippen LogP contribution in [-0.4, -0.2) is 22.1 Å². The van der Waals surface area contributed by atoms with Gasteiger partial charge in [0.25, 0.3) is 0 Å². The van der Waals surface area contributed by atoms with Crippen molar-refractivity contribution in [3.8, 4) is 23.2 Å². The molecule has 1 aliphatic rings. The Morgan fingerprint density at radius 3 is 2.43 bits per heavy atom. The van der Waals surface area contributed by atoms with Crippen LogP contribution in [0.25, 0.3) is 11.1 Å². The molecule has 0 bridgehead atoms. The van der Waals surface area contributed by atoms with Gasteiger partial charge in [0.1, 0.15) is 17.5 Å². The van der Waals surface area contributed by atoms with Crippen molar-refractivity contribution in [3.63, 3.8) is 0 Å². The highest BCUT2D eigenvalue weighted by Crippen LogP contribution is 2.59. The minimum Gasteiger partial charge on any atom is -0.467 e. The Morgan fingerprint density at radius 1 is 1.35 bits per heavy atom. The van der Waals surface area contributed by atoms with E-state index >= 15 is 0 Å². The van der Waals surface area contributed by atoms with E-state index in [1.165, 1.54) is 7.11 Å². The lowest BCUT2D eigenvalue weighted by molar-refractivity contribution is 0.380. The van der Waals surface area contributed by atoms with Gasteiger partial charge in [-0.15, -0.1) is 0 Å². The van der Waals surface area contributed by atoms with Crippen molar-refractivity contribution in [2.75, 3.05) is 12.8 Å². The molecule has 2 aromatic rings. The molecule has 0 spiro atoms. The molecule has 1 atom stereocenters. The van der Waals surface area contributed by atoms with Gasteiger partial charge in [0.15, 0.2) is 0 Å². The first-order valence-electron chi connectivity index (χ1n) is 7.45. The maximum absolute atomic E-state index is 9.50. The first-order chi connectivity index (χ1) is 10.9. The lowest BCUT2D eigenvalue weighted by Gasteiger charge is -2.15. The standard InChI is InChI=1S/C17H19N5O/c1-9-13(10-7-20-16(23-4)21-8-10)11(6-18)15(19)22-14(9)12-5-17(12,2)3/h7-8,12H,5H2,1-4H3,(H2,19,22). The summed E-state index contributed by atoms with van der Waals surface area (Å²) >= 11 is 0. The largest absolute Gasteiger partial charge is 0.467 e. The molecule has 1 unspecified atom stereocenters. The van der Waals surface area contributed by atoms with Crippen LogP contribution >= 0.6 is 0 Å². The van der Waals surface area contributed by atoms with Crippen molar-refractivity contribution in [3.05, 3.63) is 29.2 Å². The zero-order chi connectivity index (χ0) is 16.8. The molecule has 1 fully saturated rings. The number of methoxy groups -OCH3 is 1. The molecule has 23 heavy (non-hydrogen) atoms. The molecule has 2 heterocycles. The highest BCUT2D eigenvalue weighted by molar-refractivity contribution is 5.78. The molecule has 2 aromatic heterocycles. The summed E-state index contributed by atoms with van der Waals surface area (Å²) in [6.45, 7) is 6.41. The molecule has 118 valence electrons. The Kier molecular flexibility index (Phi) is 3.44. The van der Waals surface area contributed by atoms with Crippen LogP contribution in [0.1, 0.15) is 43.0 Å². The summed E-state index contributed by atoms with van der Waals surface area (Å²) < 4.78 is 4.99. The van der Waals surface area contributed by atoms with Crippen LogP contribution in [0.15, 0.2) is 12.4 Å². The summed E-state index contributed by atoms with van der Waals surface area (Å²) in [5.74, 6) is 0.636. The lowest BCUT2D eigenvalue weighted by Crippen LogP contribution is -2.07. The maximum atomic E-state index is 9.50. The Morgan fingerprint density at radius 2 is 1.96 bits per heavy atom. The van der Waals surface area contributed by atoms with E-state index in [9.17, 15) is 5.26 Å². The van der Waals surface area contributed by atoms with E-state index in [0.717, 1.165) is 28.8 Å². The van der Waals surface area contributed by atoms with Crippen molar-refractivity contribution in [2.45, 2.75) is 33.1 Å². The zero-order valence-electron chi connectivity index (χ0n) is 13.7. The highest BCUT2D eigenvalue weighted by Gasteiger charge is 2.48. The van der Waals surface area contributed by atoms with Crippen molar-refractivity contribution in [2.24, 2.45) is 5.41 Å². The van der Waals surface area contributed by atoms with Gasteiger partial charge in [0, 0.05) is 29.4 Å². The van der Waals surface area contributed by atoms with E-state index in [-0.39, 0.29) is 17.2 Å². The smallest absolute Gasteiger partial charge is 0.316 e. The van der Waals surface area contributed by atoms with Gasteiger partial charge in [-0.3, -0.25) is 0 Å². The number of nitriles is 1. The predicted molar refractivity (Wildman–Crippen MR) is 86.8 cm³/mol. The number of hydrogen-bond acceptors (Lipinski definition) is 6. The van der Waals surface area contributed by atoms with Gasteiger partial charge < -0.3 is 10.5 Å². The fourth-order valence-electron chi connectivity index (χ4n) is 3.01. The summed E-state index contributed by atoms with van der Waals surface area (Å²) in [7, 11) is 1.51. The van der Waals surface area contributed by atoms with E-state index in [4.69, 9.17) is 10.5 Å². The van der Waals surface area contributed by atoms with Crippen LogP contribution in [0.2, 0.25) is 0 Å². The second-order valence-corrected chi connectivity index (χ2v) is 6.57. The van der Waals surface area contributed by atoms with Gasteiger partial charge in [-0.2, -0.15) is 5.26 Å². The van der Waals surface area contributed by atoms with Crippen LogP contribution in [0, 0.1) is 23.7 Å². The summed E-state index contributed by atoms with van der Waals surface area (Å²) in [6.07, 6.45) is 4.37. The molecule has 0 aliphatic heterocycles. The van der Waals surface area contributed by atoms with Gasteiger partial charge in [0.05, 0.1) is 12.8 Å². The quantitative estimate of drug-likeness (QED) is 0.936. The van der Waals surface area contributed by atoms with Crippen molar-refractivity contribution in [1.29, 1.82) is 5.26 Å². The molecule has 1 aliphatic carbocycles. The van der Waals surface area contributed by atoms with E-state index in [2.05, 4.69) is 34.9 Å². The highest BCUT2D eigenvalue weighted by atomic mass is 16.5. The number of anilines is 1. The van der Waals surface area contributed by atoms with E-state index in [0.29, 0.717) is 11.5 Å². The predicted octanol–water partition coefficient (Wildman–Crippen LogP) is 2.82. The van der Waals surface area contributed by atoms with Crippen LogP contribution < -0.4 is 10.5 Å². The second kappa shape index (κ2) is 5.20. The first kappa shape index (κ1) is 15.2. The summed E-state index contributed by atoms with van der Waals surface area (Å²) in [6, 6.07) is 2.45. The number of nitrogen functional groups attached to an aromatic ring is 1. The minimum atomic E-state index is 0.228. The molecule has 0 radical (unpaired) electrons. The van der Waals surface area contributed by atoms with Gasteiger partial charge in [0.2, 0.25) is 0 Å². The van der Waals surface area contributed by atoms with Crippen molar-refractivity contribution < 1.29 is 4.74 Å². The average Bonchev–Trinajstić information content (AvgIpc) is 3.17. The number of hydrogen-bond donors (Lipinski definition) is 1. The fraction of sp³-hybridized carbons (Fsp3) is 0.412. The molecule has 2 N–H and O–H groups in total. The number of nitrogens with two attached hydrogens (primary N) is 1. The minimum absolute atomic E-state index is 0.228. The topological polar surface area (TPSA) is 97.7 Å². The van der Waals surface area contributed by atoms with E-state index in [1.54, 1.807) is 12.4 Å². The Hall–Kier alpha value is -2.68. The van der Waals surface area contributed by atoms with Gasteiger partial charge in [-0.05, 0) is 24.3 Å². The lowest BCUT2D eigenvalue weighted by atomic mass is 9.94. The molecule has 6 nitrogen and oxygen atoms in total. The molecule has 0 amide bonds. The monoisotopic (exact) mass is 309 g/mol. The van der Waals surface area contributed by atoms with Crippen LogP contribution in [0.5, 0.6) is 6.01 Å². The van der Waals surface area contributed by atoms with Crippen LogP contribution in [-0.2, 0) is 0 Å². The number of aromatic nitrogens is 3. The molecule has 6 heteroatoms. The van der Waals surface area contributed by atoms with Crippen molar-refractivity contribution >= 4 is 5.82 Å². The zero-order valence-corrected chi connectivity index (χ0v) is 13.7. The molecular weight excluding hydrogens is 290 g/mol. The summed E-state index contributed by atoms with van der Waals surface area (Å²) in [5, 5.41) is 9.50. The van der Waals surface area contributed by atoms with E-state index in [1.807, 2.05) is 6.92 Å². The van der Waals surface area contributed by atoms with Crippen LogP contribution in [0.4, 0.5) is 5.82 Å². The van der Waals surface area contributed by atoms with Gasteiger partial charge in [-0.25, -0.2) is 15.0 Å². The Labute approximate surface area is 135 Å².